The first kappa shape index (κ1) is 12.9. The quantitative estimate of drug-likeness (QED) is 0.853. The Hall–Kier alpha value is -1.06. The SMILES string of the molecule is CNC(c1ccc(OC2CC2)cc1)C1(OC)CCC1. The molecule has 0 bridgehead atoms. The lowest BCUT2D eigenvalue weighted by Crippen LogP contribution is -2.49. The van der Waals surface area contributed by atoms with Crippen molar-refractivity contribution in [1.82, 2.24) is 5.32 Å². The van der Waals surface area contributed by atoms with Gasteiger partial charge in [-0.3, -0.25) is 0 Å². The predicted octanol–water partition coefficient (Wildman–Crippen LogP) is 3.06. The lowest BCUT2D eigenvalue weighted by atomic mass is 9.72. The topological polar surface area (TPSA) is 30.5 Å². The van der Waals surface area contributed by atoms with Crippen LogP contribution in [0, 0.1) is 0 Å². The maximum atomic E-state index is 5.79. The van der Waals surface area contributed by atoms with Gasteiger partial charge in [-0.2, -0.15) is 0 Å². The van der Waals surface area contributed by atoms with Gasteiger partial charge in [-0.25, -0.2) is 0 Å². The van der Waals surface area contributed by atoms with Crippen molar-refractivity contribution in [3.8, 4) is 5.75 Å². The van der Waals surface area contributed by atoms with E-state index in [1.165, 1.54) is 24.8 Å². The summed E-state index contributed by atoms with van der Waals surface area (Å²) in [5.41, 5.74) is 1.26. The van der Waals surface area contributed by atoms with Crippen molar-refractivity contribution in [2.75, 3.05) is 14.2 Å². The van der Waals surface area contributed by atoms with Crippen molar-refractivity contribution in [2.45, 2.75) is 49.9 Å². The van der Waals surface area contributed by atoms with Gasteiger partial charge >= 0.3 is 0 Å². The second-order valence-electron chi connectivity index (χ2n) is 5.73. The number of benzene rings is 1. The number of likely N-dealkylation sites (N-methyl/N-ethyl adjacent to an activating group) is 1. The summed E-state index contributed by atoms with van der Waals surface area (Å²) < 4.78 is 11.6. The average molecular weight is 261 g/mol. The first-order valence-corrected chi connectivity index (χ1v) is 7.26. The van der Waals surface area contributed by atoms with E-state index in [0.29, 0.717) is 6.10 Å². The molecular formula is C16H23NO2. The first-order chi connectivity index (χ1) is 9.27. The second kappa shape index (κ2) is 5.14. The van der Waals surface area contributed by atoms with Crippen LogP contribution in [0.15, 0.2) is 24.3 Å². The number of methoxy groups -OCH3 is 1. The summed E-state index contributed by atoms with van der Waals surface area (Å²) in [6.07, 6.45) is 6.39. The summed E-state index contributed by atoms with van der Waals surface area (Å²) in [5.74, 6) is 0.987. The lowest BCUT2D eigenvalue weighted by Gasteiger charge is -2.46. The van der Waals surface area contributed by atoms with Crippen molar-refractivity contribution in [3.05, 3.63) is 29.8 Å². The van der Waals surface area contributed by atoms with Crippen LogP contribution in [0.5, 0.6) is 5.75 Å². The zero-order valence-corrected chi connectivity index (χ0v) is 11.8. The van der Waals surface area contributed by atoms with E-state index in [0.717, 1.165) is 18.6 Å². The Morgan fingerprint density at radius 3 is 2.32 bits per heavy atom. The van der Waals surface area contributed by atoms with E-state index >= 15 is 0 Å². The van der Waals surface area contributed by atoms with Crippen LogP contribution >= 0.6 is 0 Å². The van der Waals surface area contributed by atoms with Gasteiger partial charge in [-0.15, -0.1) is 0 Å². The molecule has 1 aromatic rings. The van der Waals surface area contributed by atoms with Gasteiger partial charge in [0.05, 0.1) is 17.7 Å². The standard InChI is InChI=1S/C16H23NO2/c1-17-15(16(18-2)10-3-11-16)12-4-6-13(7-5-12)19-14-8-9-14/h4-7,14-15,17H,3,8-11H2,1-2H3. The Morgan fingerprint density at radius 1 is 1.21 bits per heavy atom. The molecule has 1 unspecified atom stereocenters. The molecule has 104 valence electrons. The fraction of sp³-hybridized carbons (Fsp3) is 0.625. The number of rotatable bonds is 6. The zero-order valence-electron chi connectivity index (χ0n) is 11.8. The summed E-state index contributed by atoms with van der Waals surface area (Å²) >= 11 is 0. The highest BCUT2D eigenvalue weighted by atomic mass is 16.5. The third kappa shape index (κ3) is 2.49. The Balaban J connectivity index is 1.75. The molecule has 3 rings (SSSR count). The number of nitrogens with one attached hydrogen (secondary N) is 1. The zero-order chi connectivity index (χ0) is 13.3. The van der Waals surface area contributed by atoms with Crippen LogP contribution < -0.4 is 10.1 Å². The molecule has 0 amide bonds. The summed E-state index contributed by atoms with van der Waals surface area (Å²) in [7, 11) is 3.84. The van der Waals surface area contributed by atoms with Crippen molar-refractivity contribution >= 4 is 0 Å². The van der Waals surface area contributed by atoms with Gasteiger partial charge < -0.3 is 14.8 Å². The molecule has 2 aliphatic rings. The van der Waals surface area contributed by atoms with Gasteiger partial charge in [0, 0.05) is 7.11 Å². The Bertz CT molecular complexity index is 415. The van der Waals surface area contributed by atoms with Gasteiger partial charge in [0.2, 0.25) is 0 Å². The van der Waals surface area contributed by atoms with Gasteiger partial charge in [-0.05, 0) is 56.8 Å². The molecule has 0 aromatic heterocycles. The normalized spacial score (nSPS) is 22.6. The van der Waals surface area contributed by atoms with Crippen molar-refractivity contribution in [2.24, 2.45) is 0 Å². The largest absolute Gasteiger partial charge is 0.490 e. The minimum Gasteiger partial charge on any atom is -0.490 e. The van der Waals surface area contributed by atoms with Crippen LogP contribution in [0.1, 0.15) is 43.7 Å². The van der Waals surface area contributed by atoms with E-state index in [4.69, 9.17) is 9.47 Å². The number of ether oxygens (including phenoxy) is 2. The van der Waals surface area contributed by atoms with Crippen LogP contribution in [-0.4, -0.2) is 25.9 Å². The first-order valence-electron chi connectivity index (χ1n) is 7.26. The van der Waals surface area contributed by atoms with Crippen LogP contribution in [0.2, 0.25) is 0 Å². The molecule has 1 atom stereocenters. The molecule has 3 nitrogen and oxygen atoms in total. The Labute approximate surface area is 115 Å². The average Bonchev–Trinajstić information content (AvgIpc) is 3.19. The summed E-state index contributed by atoms with van der Waals surface area (Å²) in [6.45, 7) is 0. The van der Waals surface area contributed by atoms with Gasteiger partial charge in [0.25, 0.3) is 0 Å². The molecule has 1 aromatic carbocycles. The molecule has 0 spiro atoms. The third-order valence-corrected chi connectivity index (χ3v) is 4.46. The third-order valence-electron chi connectivity index (χ3n) is 4.46. The fourth-order valence-electron chi connectivity index (χ4n) is 2.99. The van der Waals surface area contributed by atoms with Gasteiger partial charge in [0.1, 0.15) is 5.75 Å². The van der Waals surface area contributed by atoms with Gasteiger partial charge in [-0.1, -0.05) is 12.1 Å². The highest BCUT2D eigenvalue weighted by Gasteiger charge is 2.44. The van der Waals surface area contributed by atoms with E-state index in [2.05, 4.69) is 29.6 Å². The van der Waals surface area contributed by atoms with E-state index in [1.807, 2.05) is 14.2 Å². The molecule has 0 aliphatic heterocycles. The minimum absolute atomic E-state index is 0.0202. The van der Waals surface area contributed by atoms with Crippen molar-refractivity contribution in [1.29, 1.82) is 0 Å². The smallest absolute Gasteiger partial charge is 0.119 e. The molecule has 3 heteroatoms. The van der Waals surface area contributed by atoms with Crippen molar-refractivity contribution < 1.29 is 9.47 Å². The highest BCUT2D eigenvalue weighted by molar-refractivity contribution is 5.31. The van der Waals surface area contributed by atoms with Crippen LogP contribution in [0.4, 0.5) is 0 Å². The van der Waals surface area contributed by atoms with E-state index in [9.17, 15) is 0 Å². The lowest BCUT2D eigenvalue weighted by molar-refractivity contribution is -0.0983. The predicted molar refractivity (Wildman–Crippen MR) is 75.5 cm³/mol. The summed E-state index contributed by atoms with van der Waals surface area (Å²) in [4.78, 5) is 0. The summed E-state index contributed by atoms with van der Waals surface area (Å²) in [5, 5.41) is 3.42. The molecule has 2 saturated carbocycles. The molecule has 0 saturated heterocycles. The Kier molecular flexibility index (Phi) is 3.50. The van der Waals surface area contributed by atoms with E-state index in [1.54, 1.807) is 0 Å². The molecule has 0 heterocycles. The van der Waals surface area contributed by atoms with E-state index < -0.39 is 0 Å². The molecule has 0 radical (unpaired) electrons. The van der Waals surface area contributed by atoms with Crippen LogP contribution in [0.3, 0.4) is 0 Å². The summed E-state index contributed by atoms with van der Waals surface area (Å²) in [6, 6.07) is 8.76. The second-order valence-corrected chi connectivity index (χ2v) is 5.73. The maximum Gasteiger partial charge on any atom is 0.119 e. The monoisotopic (exact) mass is 261 g/mol. The molecule has 19 heavy (non-hydrogen) atoms. The Morgan fingerprint density at radius 2 is 1.89 bits per heavy atom. The van der Waals surface area contributed by atoms with Crippen LogP contribution in [-0.2, 0) is 4.74 Å². The minimum atomic E-state index is -0.0202. The molecule has 1 N–H and O–H groups in total. The molecular weight excluding hydrogens is 238 g/mol. The maximum absolute atomic E-state index is 5.79. The van der Waals surface area contributed by atoms with E-state index in [-0.39, 0.29) is 11.6 Å². The van der Waals surface area contributed by atoms with Gasteiger partial charge in [0.15, 0.2) is 0 Å². The number of hydrogen-bond donors (Lipinski definition) is 1. The molecule has 2 fully saturated rings. The fourth-order valence-corrected chi connectivity index (χ4v) is 2.99. The number of hydrogen-bond acceptors (Lipinski definition) is 3. The van der Waals surface area contributed by atoms with Crippen molar-refractivity contribution in [3.63, 3.8) is 0 Å². The highest BCUT2D eigenvalue weighted by Crippen LogP contribution is 2.44. The van der Waals surface area contributed by atoms with Crippen LogP contribution in [0.25, 0.3) is 0 Å². The molecule has 2 aliphatic carbocycles.